The van der Waals surface area contributed by atoms with Gasteiger partial charge in [0.15, 0.2) is 5.82 Å². The number of aryl methyl sites for hydroxylation is 1. The van der Waals surface area contributed by atoms with E-state index in [0.29, 0.717) is 18.5 Å². The van der Waals surface area contributed by atoms with Gasteiger partial charge in [-0.15, -0.1) is 0 Å². The van der Waals surface area contributed by atoms with Gasteiger partial charge in [-0.3, -0.25) is 14.4 Å². The number of amides is 1. The average molecular weight is 280 g/mol. The number of anilines is 1. The summed E-state index contributed by atoms with van der Waals surface area (Å²) in [6.45, 7) is 2.21. The lowest BCUT2D eigenvalue weighted by atomic mass is 10.1. The minimum atomic E-state index is -0.0247. The van der Waals surface area contributed by atoms with Crippen molar-refractivity contribution in [2.45, 2.75) is 31.8 Å². The Morgan fingerprint density at radius 3 is 3.15 bits per heavy atom. The van der Waals surface area contributed by atoms with Gasteiger partial charge in [-0.25, -0.2) is 0 Å². The Bertz CT molecular complexity index is 427. The van der Waals surface area contributed by atoms with Crippen LogP contribution in [0, 0.1) is 0 Å². The van der Waals surface area contributed by atoms with Crippen molar-refractivity contribution in [2.75, 3.05) is 32.1 Å². The van der Waals surface area contributed by atoms with Crippen LogP contribution in [0.3, 0.4) is 0 Å². The van der Waals surface area contributed by atoms with Crippen molar-refractivity contribution in [1.29, 1.82) is 0 Å². The van der Waals surface area contributed by atoms with Gasteiger partial charge < -0.3 is 10.1 Å². The lowest BCUT2D eigenvalue weighted by molar-refractivity contribution is -0.117. The summed E-state index contributed by atoms with van der Waals surface area (Å²) in [5.74, 6) is 0.577. The summed E-state index contributed by atoms with van der Waals surface area (Å²) in [5, 5.41) is 6.91. The zero-order valence-electron chi connectivity index (χ0n) is 12.3. The number of hydrogen-bond acceptors (Lipinski definition) is 4. The number of rotatable bonds is 7. The minimum Gasteiger partial charge on any atom is -0.378 e. The second-order valence-electron chi connectivity index (χ2n) is 5.44. The molecule has 2 heterocycles. The van der Waals surface area contributed by atoms with E-state index in [4.69, 9.17) is 4.74 Å². The first-order chi connectivity index (χ1) is 9.63. The maximum absolute atomic E-state index is 11.8. The van der Waals surface area contributed by atoms with Gasteiger partial charge in [-0.1, -0.05) is 0 Å². The van der Waals surface area contributed by atoms with E-state index in [1.807, 2.05) is 19.0 Å². The zero-order chi connectivity index (χ0) is 14.4. The third-order valence-electron chi connectivity index (χ3n) is 3.48. The summed E-state index contributed by atoms with van der Waals surface area (Å²) in [6.07, 6.45) is 6.77. The van der Waals surface area contributed by atoms with E-state index in [9.17, 15) is 4.79 Å². The van der Waals surface area contributed by atoms with Gasteiger partial charge in [0.25, 0.3) is 0 Å². The molecule has 0 aromatic carbocycles. The van der Waals surface area contributed by atoms with Crippen LogP contribution in [-0.2, 0) is 16.6 Å². The first-order valence-corrected chi connectivity index (χ1v) is 7.23. The summed E-state index contributed by atoms with van der Waals surface area (Å²) in [6, 6.07) is 1.79. The topological polar surface area (TPSA) is 59.4 Å². The Morgan fingerprint density at radius 2 is 2.50 bits per heavy atom. The molecular weight excluding hydrogens is 256 g/mol. The fraction of sp³-hybridized carbons (Fsp3) is 0.714. The van der Waals surface area contributed by atoms with E-state index < -0.39 is 0 Å². The summed E-state index contributed by atoms with van der Waals surface area (Å²) in [5.41, 5.74) is 0. The molecule has 1 aliphatic heterocycles. The Morgan fingerprint density at radius 1 is 1.65 bits per heavy atom. The van der Waals surface area contributed by atoms with Crippen molar-refractivity contribution in [2.24, 2.45) is 7.05 Å². The van der Waals surface area contributed by atoms with Crippen LogP contribution in [-0.4, -0.2) is 53.4 Å². The largest absolute Gasteiger partial charge is 0.378 e. The molecule has 1 aromatic heterocycles. The summed E-state index contributed by atoms with van der Waals surface area (Å²) < 4.78 is 7.26. The first-order valence-electron chi connectivity index (χ1n) is 7.23. The molecule has 0 saturated carbocycles. The van der Waals surface area contributed by atoms with E-state index in [2.05, 4.69) is 10.4 Å². The Labute approximate surface area is 120 Å². The van der Waals surface area contributed by atoms with Crippen molar-refractivity contribution in [3.63, 3.8) is 0 Å². The molecule has 20 heavy (non-hydrogen) atoms. The number of nitrogens with one attached hydrogen (secondary N) is 1. The maximum Gasteiger partial charge on any atom is 0.239 e. The molecule has 0 bridgehead atoms. The smallest absolute Gasteiger partial charge is 0.239 e. The van der Waals surface area contributed by atoms with Crippen molar-refractivity contribution in [1.82, 2.24) is 14.7 Å². The number of carbonyl (C=O) groups is 1. The van der Waals surface area contributed by atoms with Gasteiger partial charge in [-0.2, -0.15) is 5.10 Å². The van der Waals surface area contributed by atoms with Crippen molar-refractivity contribution >= 4 is 11.7 Å². The van der Waals surface area contributed by atoms with Crippen molar-refractivity contribution in [3.05, 3.63) is 12.3 Å². The van der Waals surface area contributed by atoms with Crippen LogP contribution < -0.4 is 5.32 Å². The predicted octanol–water partition coefficient (Wildman–Crippen LogP) is 1.25. The molecule has 1 fully saturated rings. The van der Waals surface area contributed by atoms with Gasteiger partial charge in [0, 0.05) is 25.9 Å². The fourth-order valence-corrected chi connectivity index (χ4v) is 2.45. The van der Waals surface area contributed by atoms with Crippen LogP contribution in [0.15, 0.2) is 12.3 Å². The van der Waals surface area contributed by atoms with E-state index in [1.165, 1.54) is 12.8 Å². The number of aromatic nitrogens is 2. The average Bonchev–Trinajstić information content (AvgIpc) is 3.01. The quantitative estimate of drug-likeness (QED) is 0.816. The molecule has 1 unspecified atom stereocenters. The van der Waals surface area contributed by atoms with Gasteiger partial charge in [0.2, 0.25) is 5.91 Å². The second kappa shape index (κ2) is 7.40. The molecule has 112 valence electrons. The number of hydrogen-bond donors (Lipinski definition) is 1. The molecule has 0 spiro atoms. The highest BCUT2D eigenvalue weighted by Gasteiger charge is 2.15. The number of ether oxygens (including phenoxy) is 1. The lowest BCUT2D eigenvalue weighted by Gasteiger charge is -2.17. The molecule has 1 N–H and O–H groups in total. The summed E-state index contributed by atoms with van der Waals surface area (Å²) in [7, 11) is 3.79. The van der Waals surface area contributed by atoms with E-state index >= 15 is 0 Å². The Hall–Kier alpha value is -1.40. The molecule has 1 atom stereocenters. The number of carbonyl (C=O) groups excluding carboxylic acids is 1. The molecule has 1 aromatic rings. The molecule has 1 aliphatic rings. The second-order valence-corrected chi connectivity index (χ2v) is 5.44. The Kier molecular flexibility index (Phi) is 5.55. The number of likely N-dealkylation sites (N-methyl/N-ethyl adjacent to an activating group) is 1. The summed E-state index contributed by atoms with van der Waals surface area (Å²) >= 11 is 0. The molecule has 1 saturated heterocycles. The van der Waals surface area contributed by atoms with Crippen molar-refractivity contribution in [3.8, 4) is 0 Å². The Balaban J connectivity index is 1.60. The fourth-order valence-electron chi connectivity index (χ4n) is 2.45. The normalized spacial score (nSPS) is 18.6. The molecule has 6 nitrogen and oxygen atoms in total. The molecule has 1 amide bonds. The first kappa shape index (κ1) is 15.0. The highest BCUT2D eigenvalue weighted by atomic mass is 16.5. The maximum atomic E-state index is 11.8. The van der Waals surface area contributed by atoms with E-state index in [1.54, 1.807) is 16.9 Å². The van der Waals surface area contributed by atoms with Crippen molar-refractivity contribution < 1.29 is 9.53 Å². The number of nitrogens with zero attached hydrogens (tertiary/aromatic N) is 3. The van der Waals surface area contributed by atoms with Gasteiger partial charge in [-0.05, 0) is 39.3 Å². The van der Waals surface area contributed by atoms with Gasteiger partial charge in [0.05, 0.1) is 12.6 Å². The van der Waals surface area contributed by atoms with Gasteiger partial charge >= 0.3 is 0 Å². The van der Waals surface area contributed by atoms with Crippen LogP contribution >= 0.6 is 0 Å². The third-order valence-corrected chi connectivity index (χ3v) is 3.48. The van der Waals surface area contributed by atoms with E-state index in [0.717, 1.165) is 26.0 Å². The molecular formula is C14H24N4O2. The lowest BCUT2D eigenvalue weighted by Crippen LogP contribution is -2.31. The van der Waals surface area contributed by atoms with E-state index in [-0.39, 0.29) is 5.91 Å². The molecule has 2 rings (SSSR count). The zero-order valence-corrected chi connectivity index (χ0v) is 12.3. The minimum absolute atomic E-state index is 0.0247. The van der Waals surface area contributed by atoms with Gasteiger partial charge in [0.1, 0.15) is 0 Å². The summed E-state index contributed by atoms with van der Waals surface area (Å²) in [4.78, 5) is 13.9. The van der Waals surface area contributed by atoms with Crippen LogP contribution in [0.2, 0.25) is 0 Å². The van der Waals surface area contributed by atoms with Crippen LogP contribution in [0.5, 0.6) is 0 Å². The highest BCUT2D eigenvalue weighted by molar-refractivity contribution is 5.91. The molecule has 0 aliphatic carbocycles. The SMILES string of the molecule is CN(CCCC1CCCO1)CC(=O)Nc1ccn(C)n1. The van der Waals surface area contributed by atoms with Crippen LogP contribution in [0.1, 0.15) is 25.7 Å². The van der Waals surface area contributed by atoms with Crippen LogP contribution in [0.25, 0.3) is 0 Å². The monoisotopic (exact) mass is 280 g/mol. The van der Waals surface area contributed by atoms with Crippen LogP contribution in [0.4, 0.5) is 5.82 Å². The predicted molar refractivity (Wildman–Crippen MR) is 77.5 cm³/mol. The highest BCUT2D eigenvalue weighted by Crippen LogP contribution is 2.16. The standard InChI is InChI=1S/C14H24N4O2/c1-17(8-3-5-12-6-4-10-20-12)11-14(19)15-13-7-9-18(2)16-13/h7,9,12H,3-6,8,10-11H2,1-2H3,(H,15,16,19). The molecule has 6 heteroatoms. The molecule has 0 radical (unpaired) electrons. The third kappa shape index (κ3) is 4.94.